The van der Waals surface area contributed by atoms with Crippen LogP contribution in [0.3, 0.4) is 0 Å². The number of methoxy groups -OCH3 is 1. The number of nitrogens with zero attached hydrogens (tertiary/aromatic N) is 1. The normalized spacial score (nSPS) is 17.4. The number of carbonyl (C=O) groups is 1. The quantitative estimate of drug-likeness (QED) is 0.735. The first-order valence-corrected chi connectivity index (χ1v) is 9.87. The molecule has 0 atom stereocenters. The van der Waals surface area contributed by atoms with Crippen LogP contribution in [0.4, 0.5) is 4.39 Å². The molecule has 0 amide bonds. The number of rotatable bonds is 7. The molecule has 2 fully saturated rings. The summed E-state index contributed by atoms with van der Waals surface area (Å²) in [4.78, 5) is 16.8. The standard InChI is InChI=1S/C22H25FN2O3/c1-27-20-12-16(22(26)15-5-6-15)11-18(23)17(20)13-28-21-4-2-3-19(25-21)14-7-9-24-10-8-14/h2-4,11-12,14-15,24H,5-10,13H2,1H3. The van der Waals surface area contributed by atoms with Gasteiger partial charge in [0.15, 0.2) is 5.78 Å². The first-order chi connectivity index (χ1) is 13.7. The van der Waals surface area contributed by atoms with Crippen LogP contribution in [0.15, 0.2) is 30.3 Å². The second-order valence-electron chi connectivity index (χ2n) is 7.49. The van der Waals surface area contributed by atoms with Crippen LogP contribution in [-0.4, -0.2) is 31.0 Å². The number of benzene rings is 1. The minimum atomic E-state index is -0.488. The molecule has 0 unspecified atom stereocenters. The van der Waals surface area contributed by atoms with Crippen molar-refractivity contribution in [2.45, 2.75) is 38.2 Å². The third-order valence-electron chi connectivity index (χ3n) is 5.47. The molecule has 1 aliphatic heterocycles. The summed E-state index contributed by atoms with van der Waals surface area (Å²) < 4.78 is 25.8. The highest BCUT2D eigenvalue weighted by Crippen LogP contribution is 2.35. The third-order valence-corrected chi connectivity index (χ3v) is 5.47. The maximum absolute atomic E-state index is 14.7. The molecule has 1 aromatic carbocycles. The van der Waals surface area contributed by atoms with Crippen LogP contribution >= 0.6 is 0 Å². The van der Waals surface area contributed by atoms with Gasteiger partial charge in [-0.15, -0.1) is 0 Å². The zero-order valence-electron chi connectivity index (χ0n) is 16.0. The van der Waals surface area contributed by atoms with Gasteiger partial charge in [0.2, 0.25) is 5.88 Å². The average molecular weight is 384 g/mol. The molecular weight excluding hydrogens is 359 g/mol. The predicted molar refractivity (Wildman–Crippen MR) is 103 cm³/mol. The van der Waals surface area contributed by atoms with Crippen molar-refractivity contribution in [2.24, 2.45) is 5.92 Å². The van der Waals surface area contributed by atoms with Gasteiger partial charge in [0.05, 0.1) is 12.7 Å². The number of pyridine rings is 1. The molecule has 2 aliphatic rings. The number of piperidine rings is 1. The lowest BCUT2D eigenvalue weighted by Gasteiger charge is -2.22. The van der Waals surface area contributed by atoms with Crippen molar-refractivity contribution in [2.75, 3.05) is 20.2 Å². The second kappa shape index (κ2) is 8.27. The highest BCUT2D eigenvalue weighted by Gasteiger charge is 2.31. The summed E-state index contributed by atoms with van der Waals surface area (Å²) in [6.07, 6.45) is 3.87. The van der Waals surface area contributed by atoms with Gasteiger partial charge in [-0.1, -0.05) is 6.07 Å². The van der Waals surface area contributed by atoms with E-state index in [4.69, 9.17) is 9.47 Å². The first-order valence-electron chi connectivity index (χ1n) is 9.87. The van der Waals surface area contributed by atoms with Crippen molar-refractivity contribution in [3.05, 3.63) is 53.0 Å². The Morgan fingerprint density at radius 1 is 1.21 bits per heavy atom. The molecule has 1 aromatic heterocycles. The third kappa shape index (κ3) is 4.17. The number of hydrogen-bond acceptors (Lipinski definition) is 5. The summed E-state index contributed by atoms with van der Waals surface area (Å²) in [6, 6.07) is 8.62. The number of halogens is 1. The van der Waals surface area contributed by atoms with Crippen molar-refractivity contribution < 1.29 is 18.7 Å². The Labute approximate surface area is 164 Å². The van der Waals surface area contributed by atoms with Crippen molar-refractivity contribution in [1.82, 2.24) is 10.3 Å². The number of nitrogens with one attached hydrogen (secondary N) is 1. The van der Waals surface area contributed by atoms with Gasteiger partial charge in [0.25, 0.3) is 0 Å². The summed E-state index contributed by atoms with van der Waals surface area (Å²) in [5.74, 6) is 0.755. The van der Waals surface area contributed by atoms with E-state index in [1.165, 1.54) is 13.2 Å². The lowest BCUT2D eigenvalue weighted by Crippen LogP contribution is -2.27. The van der Waals surface area contributed by atoms with Crippen molar-refractivity contribution in [3.8, 4) is 11.6 Å². The van der Waals surface area contributed by atoms with E-state index in [0.29, 0.717) is 28.7 Å². The molecule has 2 aromatic rings. The van der Waals surface area contributed by atoms with Crippen LogP contribution in [0.1, 0.15) is 53.2 Å². The Kier molecular flexibility index (Phi) is 5.57. The predicted octanol–water partition coefficient (Wildman–Crippen LogP) is 3.87. The monoisotopic (exact) mass is 384 g/mol. The van der Waals surface area contributed by atoms with Crippen molar-refractivity contribution in [1.29, 1.82) is 0 Å². The smallest absolute Gasteiger partial charge is 0.213 e. The van der Waals surface area contributed by atoms with Gasteiger partial charge in [-0.2, -0.15) is 0 Å². The van der Waals surface area contributed by atoms with Crippen LogP contribution in [0.2, 0.25) is 0 Å². The second-order valence-corrected chi connectivity index (χ2v) is 7.49. The minimum absolute atomic E-state index is 0.00438. The number of carbonyl (C=O) groups excluding carboxylic acids is 1. The van der Waals surface area contributed by atoms with E-state index in [9.17, 15) is 9.18 Å². The molecule has 0 radical (unpaired) electrons. The largest absolute Gasteiger partial charge is 0.496 e. The molecule has 28 heavy (non-hydrogen) atoms. The van der Waals surface area contributed by atoms with E-state index >= 15 is 0 Å². The van der Waals surface area contributed by atoms with E-state index in [0.717, 1.165) is 44.5 Å². The van der Waals surface area contributed by atoms with E-state index in [1.807, 2.05) is 12.1 Å². The summed E-state index contributed by atoms with van der Waals surface area (Å²) in [5.41, 5.74) is 1.67. The molecule has 1 saturated carbocycles. The number of Topliss-reactive ketones (excluding diaryl/α,β-unsaturated/α-hetero) is 1. The highest BCUT2D eigenvalue weighted by molar-refractivity contribution is 5.99. The van der Waals surface area contributed by atoms with Gasteiger partial charge in [0.1, 0.15) is 18.2 Å². The number of hydrogen-bond donors (Lipinski definition) is 1. The van der Waals surface area contributed by atoms with E-state index in [-0.39, 0.29) is 18.3 Å². The van der Waals surface area contributed by atoms with E-state index in [2.05, 4.69) is 10.3 Å². The Bertz CT molecular complexity index is 861. The number of ketones is 1. The lowest BCUT2D eigenvalue weighted by atomic mass is 9.94. The lowest BCUT2D eigenvalue weighted by molar-refractivity contribution is 0.0966. The van der Waals surface area contributed by atoms with Crippen LogP contribution in [0.25, 0.3) is 0 Å². The molecule has 0 bridgehead atoms. The van der Waals surface area contributed by atoms with Crippen LogP contribution in [0, 0.1) is 11.7 Å². The topological polar surface area (TPSA) is 60.5 Å². The summed E-state index contributed by atoms with van der Waals surface area (Å²) in [7, 11) is 1.47. The van der Waals surface area contributed by atoms with Crippen molar-refractivity contribution >= 4 is 5.78 Å². The van der Waals surface area contributed by atoms with Gasteiger partial charge in [0, 0.05) is 29.2 Å². The maximum atomic E-state index is 14.7. The molecule has 1 N–H and O–H groups in total. The van der Waals surface area contributed by atoms with Gasteiger partial charge in [-0.3, -0.25) is 4.79 Å². The number of ether oxygens (including phenoxy) is 2. The van der Waals surface area contributed by atoms with Crippen LogP contribution < -0.4 is 14.8 Å². The maximum Gasteiger partial charge on any atom is 0.213 e. The molecule has 1 aliphatic carbocycles. The fourth-order valence-corrected chi connectivity index (χ4v) is 3.66. The SMILES string of the molecule is COc1cc(C(=O)C2CC2)cc(F)c1COc1cccc(C2CCNCC2)n1. The molecule has 6 heteroatoms. The Balaban J connectivity index is 1.49. The molecule has 4 rings (SSSR count). The van der Waals surface area contributed by atoms with Crippen LogP contribution in [0.5, 0.6) is 11.6 Å². The minimum Gasteiger partial charge on any atom is -0.496 e. The van der Waals surface area contributed by atoms with E-state index in [1.54, 1.807) is 12.1 Å². The molecule has 2 heterocycles. The highest BCUT2D eigenvalue weighted by atomic mass is 19.1. The molecule has 5 nitrogen and oxygen atoms in total. The Hall–Kier alpha value is -2.47. The zero-order valence-corrected chi connectivity index (χ0v) is 16.0. The van der Waals surface area contributed by atoms with E-state index < -0.39 is 5.82 Å². The summed E-state index contributed by atoms with van der Waals surface area (Å²) >= 11 is 0. The summed E-state index contributed by atoms with van der Waals surface area (Å²) in [6.45, 7) is 1.98. The summed E-state index contributed by atoms with van der Waals surface area (Å²) in [5, 5.41) is 3.35. The first kappa shape index (κ1) is 18.9. The molecular formula is C22H25FN2O3. The fourth-order valence-electron chi connectivity index (χ4n) is 3.66. The Morgan fingerprint density at radius 3 is 2.71 bits per heavy atom. The number of aromatic nitrogens is 1. The van der Waals surface area contributed by atoms with Crippen molar-refractivity contribution in [3.63, 3.8) is 0 Å². The van der Waals surface area contributed by atoms with Gasteiger partial charge >= 0.3 is 0 Å². The zero-order chi connectivity index (χ0) is 19.5. The fraction of sp³-hybridized carbons (Fsp3) is 0.455. The average Bonchev–Trinajstić information content (AvgIpc) is 3.58. The van der Waals surface area contributed by atoms with Gasteiger partial charge < -0.3 is 14.8 Å². The Morgan fingerprint density at radius 2 is 2.00 bits per heavy atom. The van der Waals surface area contributed by atoms with Gasteiger partial charge in [-0.25, -0.2) is 9.37 Å². The molecule has 0 spiro atoms. The van der Waals surface area contributed by atoms with Gasteiger partial charge in [-0.05, 0) is 57.0 Å². The van der Waals surface area contributed by atoms with Crippen LogP contribution in [-0.2, 0) is 6.61 Å². The molecule has 148 valence electrons. The molecule has 1 saturated heterocycles.